The maximum atomic E-state index is 13.8. The Hall–Kier alpha value is -1.41. The molecule has 0 saturated heterocycles. The van der Waals surface area contributed by atoms with E-state index in [0.29, 0.717) is 5.56 Å². The summed E-state index contributed by atoms with van der Waals surface area (Å²) in [5, 5.41) is 2.27. The third-order valence-corrected chi connectivity index (χ3v) is 7.57. The molecule has 0 aliphatic heterocycles. The number of carbonyl (C=O) groups is 1. The van der Waals surface area contributed by atoms with Crippen LogP contribution in [0.1, 0.15) is 63.0 Å². The summed E-state index contributed by atoms with van der Waals surface area (Å²) in [5.74, 6) is 0.0164. The number of carbonyl (C=O) groups excluding carboxylic acids is 1. The van der Waals surface area contributed by atoms with Crippen LogP contribution in [0.5, 0.6) is 0 Å². The lowest BCUT2D eigenvalue weighted by molar-refractivity contribution is 0.0969. The van der Waals surface area contributed by atoms with Gasteiger partial charge in [0.15, 0.2) is 0 Å². The number of hydrogen-bond donors (Lipinski definition) is 0. The van der Waals surface area contributed by atoms with Crippen LogP contribution in [0.2, 0.25) is 0 Å². The maximum Gasteiger partial charge on any atom is 0.262 e. The Labute approximate surface area is 211 Å². The molecule has 0 fully saturated rings. The minimum atomic E-state index is -0.00716. The number of aromatic nitrogens is 1. The molecule has 1 aromatic heterocycles. The van der Waals surface area contributed by atoms with Crippen molar-refractivity contribution in [3.8, 4) is 0 Å². The summed E-state index contributed by atoms with van der Waals surface area (Å²) in [6, 6.07) is 18.5. The molecule has 4 heteroatoms. The van der Waals surface area contributed by atoms with Crippen molar-refractivity contribution in [2.75, 3.05) is 0 Å². The number of nitrogens with zero attached hydrogens (tertiary/aromatic N) is 1. The fraction of sp³-hybridized carbons (Fsp3) is 0.296. The van der Waals surface area contributed by atoms with Crippen molar-refractivity contribution in [1.29, 1.82) is 0 Å². The van der Waals surface area contributed by atoms with Gasteiger partial charge < -0.3 is 0 Å². The van der Waals surface area contributed by atoms with Crippen molar-refractivity contribution >= 4 is 72.9 Å². The minimum absolute atomic E-state index is 0.00716. The van der Waals surface area contributed by atoms with Gasteiger partial charge >= 0.3 is 0 Å². The fourth-order valence-electron chi connectivity index (χ4n) is 4.13. The first kappa shape index (κ1) is 22.8. The quantitative estimate of drug-likeness (QED) is 0.193. The van der Waals surface area contributed by atoms with Crippen LogP contribution in [-0.4, -0.2) is 10.5 Å². The number of hydrogen-bond acceptors (Lipinski definition) is 1. The Morgan fingerprint density at radius 2 is 1.13 bits per heavy atom. The SMILES string of the molecule is CC(C)(C)c1cc2c(cc1I)c1cc(I)c(C(C)(C)C)cc1n2C(=O)c1ccccc1. The molecular weight excluding hydrogens is 608 g/mol. The standard InChI is InChI=1S/C27H27I2NO/c1-26(2,3)19-14-23-17(12-21(19)28)18-13-22(29)20(27(4,5)6)15-24(18)30(23)25(31)16-10-8-7-9-11-16/h7-15H,1-6H3. The molecule has 3 aromatic carbocycles. The van der Waals surface area contributed by atoms with Crippen LogP contribution in [0.25, 0.3) is 21.8 Å². The Bertz CT molecular complexity index is 1240. The van der Waals surface area contributed by atoms with Gasteiger partial charge in [-0.25, -0.2) is 0 Å². The highest BCUT2D eigenvalue weighted by molar-refractivity contribution is 14.1. The van der Waals surface area contributed by atoms with Crippen molar-refractivity contribution in [1.82, 2.24) is 4.57 Å². The lowest BCUT2D eigenvalue weighted by atomic mass is 9.86. The molecule has 0 atom stereocenters. The number of rotatable bonds is 1. The van der Waals surface area contributed by atoms with Crippen LogP contribution in [0.15, 0.2) is 54.6 Å². The Morgan fingerprint density at radius 3 is 1.52 bits per heavy atom. The minimum Gasteiger partial charge on any atom is -0.276 e. The van der Waals surface area contributed by atoms with E-state index in [0.717, 1.165) is 21.8 Å². The van der Waals surface area contributed by atoms with Crippen LogP contribution in [-0.2, 0) is 10.8 Å². The van der Waals surface area contributed by atoms with Crippen LogP contribution >= 0.6 is 45.2 Å². The third kappa shape index (κ3) is 4.06. The summed E-state index contributed by atoms with van der Waals surface area (Å²) in [6.45, 7) is 13.4. The molecule has 0 amide bonds. The average Bonchev–Trinajstić information content (AvgIpc) is 2.97. The highest BCUT2D eigenvalue weighted by Gasteiger charge is 2.25. The van der Waals surface area contributed by atoms with Crippen LogP contribution in [0.3, 0.4) is 0 Å². The predicted molar refractivity (Wildman–Crippen MR) is 148 cm³/mol. The topological polar surface area (TPSA) is 22.0 Å². The summed E-state index contributed by atoms with van der Waals surface area (Å²) in [7, 11) is 0. The van der Waals surface area contributed by atoms with E-state index in [9.17, 15) is 4.79 Å². The molecule has 0 bridgehead atoms. The number of fused-ring (bicyclic) bond motifs is 3. The van der Waals surface area contributed by atoms with E-state index < -0.39 is 0 Å². The first-order valence-electron chi connectivity index (χ1n) is 10.5. The van der Waals surface area contributed by atoms with Gasteiger partial charge in [-0.3, -0.25) is 9.36 Å². The van der Waals surface area contributed by atoms with Crippen molar-refractivity contribution < 1.29 is 4.79 Å². The van der Waals surface area contributed by atoms with E-state index >= 15 is 0 Å². The Balaban J connectivity index is 2.17. The van der Waals surface area contributed by atoms with Gasteiger partial charge in [-0.15, -0.1) is 0 Å². The number of benzene rings is 3. The molecule has 0 unspecified atom stereocenters. The molecule has 0 aliphatic carbocycles. The summed E-state index contributed by atoms with van der Waals surface area (Å²) in [6.07, 6.45) is 0. The molecule has 160 valence electrons. The van der Waals surface area contributed by atoms with E-state index in [-0.39, 0.29) is 16.7 Å². The first-order valence-corrected chi connectivity index (χ1v) is 12.6. The maximum absolute atomic E-state index is 13.8. The van der Waals surface area contributed by atoms with Crippen molar-refractivity contribution in [3.05, 3.63) is 78.4 Å². The Kier molecular flexibility index (Phi) is 5.78. The van der Waals surface area contributed by atoms with Crippen LogP contribution < -0.4 is 0 Å². The molecule has 0 N–H and O–H groups in total. The second kappa shape index (κ2) is 7.87. The second-order valence-corrected chi connectivity index (χ2v) is 12.5. The Morgan fingerprint density at radius 1 is 0.710 bits per heavy atom. The highest BCUT2D eigenvalue weighted by Crippen LogP contribution is 2.39. The van der Waals surface area contributed by atoms with Gasteiger partial charge in [-0.2, -0.15) is 0 Å². The molecule has 0 saturated carbocycles. The predicted octanol–water partition coefficient (Wildman–Crippen LogP) is 8.29. The summed E-state index contributed by atoms with van der Waals surface area (Å²) in [4.78, 5) is 13.8. The monoisotopic (exact) mass is 635 g/mol. The molecule has 1 heterocycles. The van der Waals surface area contributed by atoms with E-state index in [1.165, 1.54) is 18.3 Å². The summed E-state index contributed by atoms with van der Waals surface area (Å²) >= 11 is 4.87. The molecule has 31 heavy (non-hydrogen) atoms. The average molecular weight is 635 g/mol. The smallest absolute Gasteiger partial charge is 0.262 e. The van der Waals surface area contributed by atoms with Crippen LogP contribution in [0.4, 0.5) is 0 Å². The van der Waals surface area contributed by atoms with E-state index in [1.807, 2.05) is 34.9 Å². The normalized spacial score (nSPS) is 12.6. The van der Waals surface area contributed by atoms with E-state index in [1.54, 1.807) is 0 Å². The lowest BCUT2D eigenvalue weighted by Gasteiger charge is -2.21. The van der Waals surface area contributed by atoms with Crippen LogP contribution in [0, 0.1) is 7.14 Å². The summed E-state index contributed by atoms with van der Waals surface area (Å²) < 4.78 is 4.40. The summed E-state index contributed by atoms with van der Waals surface area (Å²) in [5.41, 5.74) is 5.17. The van der Waals surface area contributed by atoms with Crippen molar-refractivity contribution in [2.24, 2.45) is 0 Å². The van der Waals surface area contributed by atoms with Crippen molar-refractivity contribution in [3.63, 3.8) is 0 Å². The van der Waals surface area contributed by atoms with E-state index in [4.69, 9.17) is 0 Å². The highest BCUT2D eigenvalue weighted by atomic mass is 127. The van der Waals surface area contributed by atoms with Gasteiger partial charge in [0.05, 0.1) is 11.0 Å². The zero-order valence-corrected chi connectivity index (χ0v) is 23.1. The number of halogens is 2. The lowest BCUT2D eigenvalue weighted by Crippen LogP contribution is -2.16. The van der Waals surface area contributed by atoms with Gasteiger partial charge in [-0.1, -0.05) is 59.7 Å². The molecular formula is C27H27I2NO. The molecule has 0 aliphatic rings. The van der Waals surface area contributed by atoms with Gasteiger partial charge in [0.25, 0.3) is 5.91 Å². The van der Waals surface area contributed by atoms with Gasteiger partial charge in [0.1, 0.15) is 0 Å². The van der Waals surface area contributed by atoms with Crippen molar-refractivity contribution in [2.45, 2.75) is 52.4 Å². The van der Waals surface area contributed by atoms with Gasteiger partial charge in [0, 0.05) is 23.5 Å². The zero-order chi connectivity index (χ0) is 22.7. The van der Waals surface area contributed by atoms with Gasteiger partial charge in [-0.05, 0) is 104 Å². The molecule has 4 rings (SSSR count). The first-order chi connectivity index (χ1) is 14.4. The molecule has 0 spiro atoms. The molecule has 2 nitrogen and oxygen atoms in total. The van der Waals surface area contributed by atoms with E-state index in [2.05, 4.69) is 111 Å². The molecule has 4 aromatic rings. The second-order valence-electron chi connectivity index (χ2n) is 10.2. The largest absolute Gasteiger partial charge is 0.276 e. The zero-order valence-electron chi connectivity index (χ0n) is 18.8. The van der Waals surface area contributed by atoms with Gasteiger partial charge in [0.2, 0.25) is 0 Å². The fourth-order valence-corrected chi connectivity index (χ4v) is 6.69. The third-order valence-electron chi connectivity index (χ3n) is 5.78. The molecule has 0 radical (unpaired) electrons.